The molecule has 8 nitrogen and oxygen atoms in total. The lowest BCUT2D eigenvalue weighted by Gasteiger charge is -2.17. The molecule has 0 bridgehead atoms. The second kappa shape index (κ2) is 10.3. The van der Waals surface area contributed by atoms with Crippen molar-refractivity contribution in [3.8, 4) is 28.1 Å². The molecule has 0 amide bonds. The average Bonchev–Trinajstić information content (AvgIpc) is 3.35. The van der Waals surface area contributed by atoms with E-state index in [4.69, 9.17) is 10.2 Å². The molecular formula is C29H18F5N5O3. The van der Waals surface area contributed by atoms with E-state index >= 15 is 0 Å². The van der Waals surface area contributed by atoms with Crippen LogP contribution in [-0.2, 0) is 0 Å². The molecule has 3 aromatic carbocycles. The Morgan fingerprint density at radius 2 is 1.67 bits per heavy atom. The summed E-state index contributed by atoms with van der Waals surface area (Å²) >= 11 is 0. The number of rotatable bonds is 6. The molecule has 2 N–H and O–H groups in total. The summed E-state index contributed by atoms with van der Waals surface area (Å²) in [7, 11) is 0. The Kier molecular flexibility index (Phi) is 6.56. The summed E-state index contributed by atoms with van der Waals surface area (Å²) in [5, 5.41) is 4.51. The van der Waals surface area contributed by atoms with Gasteiger partial charge in [0, 0.05) is 5.56 Å². The van der Waals surface area contributed by atoms with Gasteiger partial charge in [-0.1, -0.05) is 18.2 Å². The van der Waals surface area contributed by atoms with Gasteiger partial charge in [0.2, 0.25) is 5.43 Å². The zero-order valence-corrected chi connectivity index (χ0v) is 21.5. The minimum atomic E-state index is -3.23. The van der Waals surface area contributed by atoms with Crippen LogP contribution in [0, 0.1) is 17.5 Å². The third-order valence-corrected chi connectivity index (χ3v) is 6.71. The molecule has 0 unspecified atom stereocenters. The van der Waals surface area contributed by atoms with Gasteiger partial charge in [0.1, 0.15) is 52.2 Å². The fraction of sp³-hybridized carbons (Fsp3) is 0.103. The van der Waals surface area contributed by atoms with Gasteiger partial charge in [-0.25, -0.2) is 27.8 Å². The van der Waals surface area contributed by atoms with Crippen LogP contribution in [0.3, 0.4) is 0 Å². The minimum Gasteiger partial charge on any atom is -0.458 e. The van der Waals surface area contributed by atoms with Crippen molar-refractivity contribution in [2.45, 2.75) is 19.6 Å². The Morgan fingerprint density at radius 1 is 0.929 bits per heavy atom. The normalized spacial score (nSPS) is 12.4. The standard InChI is InChI=1S/C29H18F5N5O3/c1-13(26-21(14-5-8-16(30)9-6-14)25(40)22-17(31)3-2-4-20(22)41-26)39-28-23(27(35)36-12-37-28)24(38-39)15-7-10-19(18(32)11-15)42-29(33)34/h2-13,29H,1H3,(H2,35,36,37)/t13-/m0/s1. The number of anilines is 1. The topological polar surface area (TPSA) is 109 Å². The van der Waals surface area contributed by atoms with E-state index < -0.39 is 41.3 Å². The van der Waals surface area contributed by atoms with E-state index in [1.54, 1.807) is 6.92 Å². The molecule has 1 atom stereocenters. The zero-order chi connectivity index (χ0) is 29.7. The third-order valence-electron chi connectivity index (χ3n) is 6.71. The van der Waals surface area contributed by atoms with Crippen LogP contribution < -0.4 is 15.9 Å². The third kappa shape index (κ3) is 4.48. The zero-order valence-electron chi connectivity index (χ0n) is 21.5. The molecule has 0 radical (unpaired) electrons. The number of alkyl halides is 2. The number of hydrogen-bond donors (Lipinski definition) is 1. The first kappa shape index (κ1) is 26.9. The van der Waals surface area contributed by atoms with Crippen molar-refractivity contribution in [2.75, 3.05) is 5.73 Å². The van der Waals surface area contributed by atoms with Gasteiger partial charge in [-0.3, -0.25) is 4.79 Å². The second-order valence-corrected chi connectivity index (χ2v) is 9.24. The van der Waals surface area contributed by atoms with Gasteiger partial charge in [0.15, 0.2) is 17.2 Å². The van der Waals surface area contributed by atoms with E-state index in [-0.39, 0.29) is 56.0 Å². The number of fused-ring (bicyclic) bond motifs is 2. The largest absolute Gasteiger partial charge is 0.458 e. The Balaban J connectivity index is 1.59. The summed E-state index contributed by atoms with van der Waals surface area (Å²) in [6, 6.07) is 11.3. The van der Waals surface area contributed by atoms with Gasteiger partial charge in [0.05, 0.1) is 10.9 Å². The summed E-state index contributed by atoms with van der Waals surface area (Å²) in [5.41, 5.74) is 6.09. The Labute approximate surface area is 232 Å². The SMILES string of the molecule is C[C@@H](c1oc2cccc(F)c2c(=O)c1-c1ccc(F)cc1)n1nc(-c2ccc(OC(F)F)c(F)c2)c2c(N)ncnc21. The first-order valence-corrected chi connectivity index (χ1v) is 12.4. The molecule has 212 valence electrons. The minimum absolute atomic E-state index is 0.0115. The molecule has 6 rings (SSSR count). The summed E-state index contributed by atoms with van der Waals surface area (Å²) in [6.45, 7) is -1.60. The van der Waals surface area contributed by atoms with E-state index in [1.807, 2.05) is 0 Å². The van der Waals surface area contributed by atoms with E-state index in [1.165, 1.54) is 41.3 Å². The van der Waals surface area contributed by atoms with Gasteiger partial charge >= 0.3 is 6.61 Å². The molecule has 6 aromatic rings. The van der Waals surface area contributed by atoms with Crippen LogP contribution in [0.5, 0.6) is 5.75 Å². The van der Waals surface area contributed by atoms with Crippen molar-refractivity contribution >= 4 is 27.8 Å². The van der Waals surface area contributed by atoms with E-state index in [2.05, 4.69) is 19.8 Å². The number of benzene rings is 3. The smallest absolute Gasteiger partial charge is 0.387 e. The van der Waals surface area contributed by atoms with Gasteiger partial charge in [-0.15, -0.1) is 0 Å². The van der Waals surface area contributed by atoms with Crippen LogP contribution in [0.4, 0.5) is 27.8 Å². The highest BCUT2D eigenvalue weighted by Gasteiger charge is 2.28. The van der Waals surface area contributed by atoms with Crippen molar-refractivity contribution in [3.63, 3.8) is 0 Å². The predicted molar refractivity (Wildman–Crippen MR) is 143 cm³/mol. The van der Waals surface area contributed by atoms with Crippen molar-refractivity contribution in [1.82, 2.24) is 19.7 Å². The maximum Gasteiger partial charge on any atom is 0.387 e. The van der Waals surface area contributed by atoms with Crippen LogP contribution in [0.15, 0.2) is 76.2 Å². The fourth-order valence-electron chi connectivity index (χ4n) is 4.82. The predicted octanol–water partition coefficient (Wildman–Crippen LogP) is 6.48. The lowest BCUT2D eigenvalue weighted by molar-refractivity contribution is -0.0521. The summed E-state index contributed by atoms with van der Waals surface area (Å²) in [5.74, 6) is -3.04. The number of halogens is 5. The number of aromatic nitrogens is 4. The van der Waals surface area contributed by atoms with Gasteiger partial charge in [-0.05, 0) is 55.0 Å². The molecule has 0 aliphatic carbocycles. The molecular weight excluding hydrogens is 561 g/mol. The first-order valence-electron chi connectivity index (χ1n) is 12.4. The van der Waals surface area contributed by atoms with Crippen molar-refractivity contribution in [1.29, 1.82) is 0 Å². The number of nitrogens with zero attached hydrogens (tertiary/aromatic N) is 4. The number of ether oxygens (including phenoxy) is 1. The lowest BCUT2D eigenvalue weighted by atomic mass is 9.99. The molecule has 3 aromatic heterocycles. The van der Waals surface area contributed by atoms with Crippen LogP contribution in [0.25, 0.3) is 44.4 Å². The molecule has 42 heavy (non-hydrogen) atoms. The molecule has 0 aliphatic rings. The highest BCUT2D eigenvalue weighted by molar-refractivity contribution is 5.98. The Hall–Kier alpha value is -5.33. The number of hydrogen-bond acceptors (Lipinski definition) is 7. The van der Waals surface area contributed by atoms with Crippen LogP contribution in [0.2, 0.25) is 0 Å². The maximum atomic E-state index is 14.8. The van der Waals surface area contributed by atoms with Crippen LogP contribution in [-0.4, -0.2) is 26.4 Å². The highest BCUT2D eigenvalue weighted by Crippen LogP contribution is 2.37. The summed E-state index contributed by atoms with van der Waals surface area (Å²) in [4.78, 5) is 22.0. The molecule has 0 fully saturated rings. The van der Waals surface area contributed by atoms with Gasteiger partial charge in [-0.2, -0.15) is 13.9 Å². The number of nitrogens with two attached hydrogens (primary N) is 1. The molecule has 0 aliphatic heterocycles. The Bertz CT molecular complexity index is 2040. The van der Waals surface area contributed by atoms with Gasteiger partial charge < -0.3 is 14.9 Å². The lowest BCUT2D eigenvalue weighted by Crippen LogP contribution is -2.17. The monoisotopic (exact) mass is 579 g/mol. The second-order valence-electron chi connectivity index (χ2n) is 9.24. The highest BCUT2D eigenvalue weighted by atomic mass is 19.3. The molecule has 0 saturated heterocycles. The van der Waals surface area contributed by atoms with E-state index in [9.17, 15) is 26.7 Å². The Morgan fingerprint density at radius 3 is 2.38 bits per heavy atom. The van der Waals surface area contributed by atoms with E-state index in [0.29, 0.717) is 0 Å². The van der Waals surface area contributed by atoms with Crippen molar-refractivity contribution in [3.05, 3.63) is 100 Å². The van der Waals surface area contributed by atoms with Crippen molar-refractivity contribution < 1.29 is 31.1 Å². The van der Waals surface area contributed by atoms with Crippen molar-refractivity contribution in [2.24, 2.45) is 0 Å². The number of nitrogen functional groups attached to an aromatic ring is 1. The summed E-state index contributed by atoms with van der Waals surface area (Å²) in [6.07, 6.45) is 1.18. The molecule has 0 saturated carbocycles. The molecule has 0 spiro atoms. The average molecular weight is 579 g/mol. The quantitative estimate of drug-likeness (QED) is 0.225. The van der Waals surface area contributed by atoms with Crippen LogP contribution >= 0.6 is 0 Å². The fourth-order valence-corrected chi connectivity index (χ4v) is 4.82. The first-order chi connectivity index (χ1) is 20.1. The molecule has 3 heterocycles. The molecule has 13 heteroatoms. The van der Waals surface area contributed by atoms with Crippen LogP contribution in [0.1, 0.15) is 18.7 Å². The van der Waals surface area contributed by atoms with E-state index in [0.717, 1.165) is 30.3 Å². The van der Waals surface area contributed by atoms with Gasteiger partial charge in [0.25, 0.3) is 0 Å². The maximum absolute atomic E-state index is 14.8. The summed E-state index contributed by atoms with van der Waals surface area (Å²) < 4.78 is 80.2.